The third kappa shape index (κ3) is 2.62. The molecule has 0 unspecified atom stereocenters. The Morgan fingerprint density at radius 1 is 1.55 bits per heavy atom. The highest BCUT2D eigenvalue weighted by atomic mass is 19.1. The van der Waals surface area contributed by atoms with Crippen LogP contribution in [-0.2, 0) is 0 Å². The van der Waals surface area contributed by atoms with E-state index < -0.39 is 22.2 Å². The van der Waals surface area contributed by atoms with Gasteiger partial charge in [0.05, 0.1) is 29.2 Å². The van der Waals surface area contributed by atoms with Crippen molar-refractivity contribution in [2.75, 3.05) is 13.1 Å². The molecule has 2 rings (SSSR count). The second kappa shape index (κ2) is 5.16. The van der Waals surface area contributed by atoms with Gasteiger partial charge in [-0.05, 0) is 12.5 Å². The molecule has 1 aromatic rings. The Balaban J connectivity index is 2.15. The summed E-state index contributed by atoms with van der Waals surface area (Å²) in [5, 5.41) is 20.6. The van der Waals surface area contributed by atoms with Crippen LogP contribution in [0, 0.1) is 15.9 Å². The van der Waals surface area contributed by atoms with Crippen LogP contribution >= 0.6 is 0 Å². The van der Waals surface area contributed by atoms with Gasteiger partial charge in [-0.1, -0.05) is 13.3 Å². The number of nitro groups is 1. The van der Waals surface area contributed by atoms with Crippen molar-refractivity contribution in [3.8, 4) is 0 Å². The van der Waals surface area contributed by atoms with E-state index in [-0.39, 0.29) is 24.3 Å². The van der Waals surface area contributed by atoms with Gasteiger partial charge in [-0.3, -0.25) is 14.9 Å². The maximum Gasteiger partial charge on any atom is 0.270 e. The third-order valence-corrected chi connectivity index (χ3v) is 3.36. The normalized spacial score (nSPS) is 16.6. The summed E-state index contributed by atoms with van der Waals surface area (Å²) in [4.78, 5) is 23.3. The second-order valence-electron chi connectivity index (χ2n) is 5.06. The zero-order valence-electron chi connectivity index (χ0n) is 11.0. The highest BCUT2D eigenvalue weighted by molar-refractivity contribution is 5.95. The minimum Gasteiger partial charge on any atom is -0.386 e. The Labute approximate surface area is 115 Å². The molecule has 6 nitrogen and oxygen atoms in total. The number of nitro benzene ring substituents is 1. The van der Waals surface area contributed by atoms with Gasteiger partial charge in [0.2, 0.25) is 0 Å². The average molecular weight is 282 g/mol. The second-order valence-corrected chi connectivity index (χ2v) is 5.06. The number of amides is 1. The number of β-amino-alcohol motifs (C(OH)–C–C–N with tert-alkyl or cyclic N) is 1. The van der Waals surface area contributed by atoms with Crippen molar-refractivity contribution in [3.63, 3.8) is 0 Å². The number of non-ortho nitro benzene ring substituents is 1. The van der Waals surface area contributed by atoms with E-state index in [1.54, 1.807) is 0 Å². The van der Waals surface area contributed by atoms with Gasteiger partial charge in [0, 0.05) is 12.1 Å². The molecule has 0 radical (unpaired) electrons. The van der Waals surface area contributed by atoms with Crippen molar-refractivity contribution >= 4 is 11.6 Å². The molecule has 1 heterocycles. The monoisotopic (exact) mass is 282 g/mol. The number of hydrogen-bond acceptors (Lipinski definition) is 4. The Bertz CT molecular complexity index is 555. The van der Waals surface area contributed by atoms with Crippen LogP contribution in [-0.4, -0.2) is 39.5 Å². The van der Waals surface area contributed by atoms with Crippen LogP contribution in [0.4, 0.5) is 10.1 Å². The molecule has 108 valence electrons. The molecule has 1 amide bonds. The fourth-order valence-corrected chi connectivity index (χ4v) is 2.39. The molecule has 7 heteroatoms. The van der Waals surface area contributed by atoms with E-state index in [1.165, 1.54) is 4.90 Å². The van der Waals surface area contributed by atoms with E-state index in [4.69, 9.17) is 0 Å². The molecular weight excluding hydrogens is 267 g/mol. The van der Waals surface area contributed by atoms with Gasteiger partial charge in [0.1, 0.15) is 5.82 Å². The van der Waals surface area contributed by atoms with Crippen molar-refractivity contribution in [2.45, 2.75) is 25.4 Å². The summed E-state index contributed by atoms with van der Waals surface area (Å²) in [6, 6.07) is 2.84. The smallest absolute Gasteiger partial charge is 0.270 e. The lowest BCUT2D eigenvalue weighted by atomic mass is 9.88. The molecule has 1 aliphatic heterocycles. The maximum atomic E-state index is 13.6. The first-order valence-electron chi connectivity index (χ1n) is 6.32. The van der Waals surface area contributed by atoms with Crippen LogP contribution in [0.5, 0.6) is 0 Å². The van der Waals surface area contributed by atoms with E-state index in [0.29, 0.717) is 6.42 Å². The average Bonchev–Trinajstić information content (AvgIpc) is 2.35. The van der Waals surface area contributed by atoms with Crippen molar-refractivity contribution in [1.29, 1.82) is 0 Å². The number of aliphatic hydroxyl groups is 1. The molecule has 20 heavy (non-hydrogen) atoms. The number of benzene rings is 1. The van der Waals surface area contributed by atoms with Crippen molar-refractivity contribution in [3.05, 3.63) is 39.7 Å². The lowest BCUT2D eigenvalue weighted by molar-refractivity contribution is -0.384. The van der Waals surface area contributed by atoms with Gasteiger partial charge < -0.3 is 10.0 Å². The molecule has 1 aliphatic rings. The van der Waals surface area contributed by atoms with E-state index >= 15 is 0 Å². The first-order valence-corrected chi connectivity index (χ1v) is 6.32. The fraction of sp³-hybridized carbons (Fsp3) is 0.462. The molecule has 1 N–H and O–H groups in total. The van der Waals surface area contributed by atoms with E-state index in [2.05, 4.69) is 0 Å². The molecular formula is C13H15FN2O4. The van der Waals surface area contributed by atoms with E-state index in [1.807, 2.05) is 6.92 Å². The van der Waals surface area contributed by atoms with E-state index in [9.17, 15) is 24.4 Å². The number of nitrogens with zero attached hydrogens (tertiary/aromatic N) is 2. The molecule has 1 saturated heterocycles. The lowest BCUT2D eigenvalue weighted by Crippen LogP contribution is -2.63. The number of hydrogen-bond donors (Lipinski definition) is 1. The Kier molecular flexibility index (Phi) is 3.71. The highest BCUT2D eigenvalue weighted by Crippen LogP contribution is 2.28. The molecule has 0 bridgehead atoms. The van der Waals surface area contributed by atoms with Gasteiger partial charge >= 0.3 is 0 Å². The number of likely N-dealkylation sites (tertiary alicyclic amines) is 1. The van der Waals surface area contributed by atoms with Crippen LogP contribution in [0.25, 0.3) is 0 Å². The standard InChI is InChI=1S/C13H15FN2O4/c1-2-5-13(18)7-15(8-13)12(17)10-6-9(16(19)20)3-4-11(10)14/h3-4,6,18H,2,5,7-8H2,1H3. The summed E-state index contributed by atoms with van der Waals surface area (Å²) in [6.07, 6.45) is 1.35. The minimum atomic E-state index is -0.915. The quantitative estimate of drug-likeness (QED) is 0.673. The van der Waals surface area contributed by atoms with Crippen LogP contribution < -0.4 is 0 Å². The van der Waals surface area contributed by atoms with Crippen LogP contribution in [0.3, 0.4) is 0 Å². The van der Waals surface area contributed by atoms with Crippen molar-refractivity contribution in [2.24, 2.45) is 0 Å². The number of carbonyl (C=O) groups is 1. The molecule has 0 atom stereocenters. The lowest BCUT2D eigenvalue weighted by Gasteiger charge is -2.46. The van der Waals surface area contributed by atoms with Gasteiger partial charge in [-0.2, -0.15) is 0 Å². The van der Waals surface area contributed by atoms with Gasteiger partial charge in [-0.15, -0.1) is 0 Å². The summed E-state index contributed by atoms with van der Waals surface area (Å²) < 4.78 is 13.6. The van der Waals surface area contributed by atoms with Gasteiger partial charge in [0.15, 0.2) is 0 Å². The number of halogens is 1. The zero-order valence-corrected chi connectivity index (χ0v) is 11.0. The predicted molar refractivity (Wildman–Crippen MR) is 68.8 cm³/mol. The Morgan fingerprint density at radius 3 is 2.75 bits per heavy atom. The summed E-state index contributed by atoms with van der Waals surface area (Å²) in [7, 11) is 0. The Hall–Kier alpha value is -2.02. The largest absolute Gasteiger partial charge is 0.386 e. The van der Waals surface area contributed by atoms with E-state index in [0.717, 1.165) is 24.6 Å². The van der Waals surface area contributed by atoms with Crippen LogP contribution in [0.15, 0.2) is 18.2 Å². The minimum absolute atomic E-state index is 0.127. The zero-order chi connectivity index (χ0) is 14.9. The molecule has 0 spiro atoms. The van der Waals surface area contributed by atoms with Crippen molar-refractivity contribution in [1.82, 2.24) is 4.90 Å². The van der Waals surface area contributed by atoms with Gasteiger partial charge in [0.25, 0.3) is 11.6 Å². The first-order chi connectivity index (χ1) is 9.36. The summed E-state index contributed by atoms with van der Waals surface area (Å²) in [5.74, 6) is -1.43. The number of carbonyl (C=O) groups excluding carboxylic acids is 1. The van der Waals surface area contributed by atoms with Crippen molar-refractivity contribution < 1.29 is 19.2 Å². The van der Waals surface area contributed by atoms with Crippen LogP contribution in [0.2, 0.25) is 0 Å². The fourth-order valence-electron chi connectivity index (χ4n) is 2.39. The number of rotatable bonds is 4. The molecule has 0 aromatic heterocycles. The molecule has 1 aromatic carbocycles. The molecule has 0 aliphatic carbocycles. The molecule has 1 fully saturated rings. The Morgan fingerprint density at radius 2 is 2.20 bits per heavy atom. The topological polar surface area (TPSA) is 83.7 Å². The predicted octanol–water partition coefficient (Wildman–Crippen LogP) is 1.72. The maximum absolute atomic E-state index is 13.6. The summed E-state index contributed by atoms with van der Waals surface area (Å²) >= 11 is 0. The highest BCUT2D eigenvalue weighted by Gasteiger charge is 2.43. The van der Waals surface area contributed by atoms with Crippen LogP contribution in [0.1, 0.15) is 30.1 Å². The SMILES string of the molecule is CCCC1(O)CN(C(=O)c2cc([N+](=O)[O-])ccc2F)C1. The summed E-state index contributed by atoms with van der Waals surface area (Å²) in [6.45, 7) is 2.17. The van der Waals surface area contributed by atoms with Gasteiger partial charge in [-0.25, -0.2) is 4.39 Å². The summed E-state index contributed by atoms with van der Waals surface area (Å²) in [5.41, 5.74) is -1.58. The third-order valence-electron chi connectivity index (χ3n) is 3.36. The molecule has 0 saturated carbocycles. The first kappa shape index (κ1) is 14.4.